The number of hydrogen-bond donors (Lipinski definition) is 1. The van der Waals surface area contributed by atoms with E-state index in [4.69, 9.17) is 47.4 Å². The van der Waals surface area contributed by atoms with E-state index in [9.17, 15) is 33.6 Å². The monoisotopic (exact) mass is 775 g/mol. The standard InChI is InChI=1S/C37H45NO17/c1-18(39)38-30-33(51-23(6)44)31(49-21(4)42)28(16-46-19(2)40)53-36(30)55-34-32(50-22(5)43)29(17-47-20(3)41)54-37(35(34)52-24(7)45)48-15-25-12-13-26-10-8-9-11-27(26)14-25/h8-14,28-37H,15-17H2,1-7H3,(H,38,39)/t28-,29-,30-,31-,32-,33-,34+,35-,36+,37-/m1/s1. The molecule has 2 fully saturated rings. The molecular weight excluding hydrogens is 730 g/mol. The second-order valence-electron chi connectivity index (χ2n) is 12.8. The van der Waals surface area contributed by atoms with Crippen molar-refractivity contribution in [2.45, 2.75) is 116 Å². The Morgan fingerprint density at radius 2 is 1.05 bits per heavy atom. The van der Waals surface area contributed by atoms with Crippen LogP contribution >= 0.6 is 0 Å². The second kappa shape index (κ2) is 19.4. The zero-order valence-corrected chi connectivity index (χ0v) is 31.4. The van der Waals surface area contributed by atoms with Crippen molar-refractivity contribution < 1.29 is 80.9 Å². The number of carbonyl (C=O) groups is 7. The van der Waals surface area contributed by atoms with Crippen molar-refractivity contribution in [2.75, 3.05) is 13.2 Å². The molecule has 0 aromatic heterocycles. The van der Waals surface area contributed by atoms with Gasteiger partial charge in [-0.2, -0.15) is 0 Å². The first-order chi connectivity index (χ1) is 26.0. The Kier molecular flexibility index (Phi) is 15.0. The number of nitrogens with one attached hydrogen (secondary N) is 1. The smallest absolute Gasteiger partial charge is 0.303 e. The molecule has 2 heterocycles. The van der Waals surface area contributed by atoms with Crippen molar-refractivity contribution in [1.29, 1.82) is 0 Å². The van der Waals surface area contributed by atoms with E-state index in [-0.39, 0.29) is 6.61 Å². The lowest BCUT2D eigenvalue weighted by molar-refractivity contribution is -0.351. The molecule has 0 aliphatic carbocycles. The fourth-order valence-corrected chi connectivity index (χ4v) is 6.22. The van der Waals surface area contributed by atoms with E-state index in [2.05, 4.69) is 5.32 Å². The average Bonchev–Trinajstić information content (AvgIpc) is 3.09. The van der Waals surface area contributed by atoms with Crippen LogP contribution in [-0.4, -0.2) is 116 Å². The second-order valence-corrected chi connectivity index (χ2v) is 12.8. The summed E-state index contributed by atoms with van der Waals surface area (Å²) in [5.74, 6) is -5.44. The molecule has 300 valence electrons. The van der Waals surface area contributed by atoms with Crippen LogP contribution in [0.25, 0.3) is 10.8 Å². The maximum absolute atomic E-state index is 12.7. The van der Waals surface area contributed by atoms with Gasteiger partial charge in [-0.25, -0.2) is 0 Å². The molecule has 2 aliphatic heterocycles. The number of esters is 6. The van der Waals surface area contributed by atoms with Gasteiger partial charge in [0.05, 0.1) is 6.61 Å². The van der Waals surface area contributed by atoms with Crippen molar-refractivity contribution >= 4 is 52.5 Å². The van der Waals surface area contributed by atoms with Crippen LogP contribution in [0.2, 0.25) is 0 Å². The molecule has 2 aromatic rings. The molecule has 55 heavy (non-hydrogen) atoms. The van der Waals surface area contributed by atoms with Crippen LogP contribution in [0.15, 0.2) is 42.5 Å². The van der Waals surface area contributed by atoms with Gasteiger partial charge < -0.3 is 52.7 Å². The van der Waals surface area contributed by atoms with Gasteiger partial charge in [-0.3, -0.25) is 33.6 Å². The summed E-state index contributed by atoms with van der Waals surface area (Å²) in [6.07, 6.45) is -13.4. The first kappa shape index (κ1) is 42.6. The van der Waals surface area contributed by atoms with Gasteiger partial charge in [-0.1, -0.05) is 36.4 Å². The Labute approximate surface area is 316 Å². The molecule has 18 heteroatoms. The summed E-state index contributed by atoms with van der Waals surface area (Å²) in [6, 6.07) is 11.8. The lowest BCUT2D eigenvalue weighted by atomic mass is 9.94. The molecule has 2 aromatic carbocycles. The fourth-order valence-electron chi connectivity index (χ4n) is 6.22. The molecule has 0 bridgehead atoms. The summed E-state index contributed by atoms with van der Waals surface area (Å²) < 4.78 is 57.9. The van der Waals surface area contributed by atoms with Crippen molar-refractivity contribution in [2.24, 2.45) is 0 Å². The predicted octanol–water partition coefficient (Wildman–Crippen LogP) is 1.55. The van der Waals surface area contributed by atoms with Crippen LogP contribution in [-0.2, 0) is 87.5 Å². The Bertz CT molecular complexity index is 1730. The first-order valence-corrected chi connectivity index (χ1v) is 17.3. The SMILES string of the molecule is CC(=O)N[C@H]1[C@H](O[C@@H]2[C@@H](OC(C)=O)[C@H](OCc3ccc4ccccc4c3)O[C@H](COC(C)=O)[C@H]2OC(C)=O)O[C@H](COC(C)=O)[C@@H](OC(C)=O)[C@@H]1OC(C)=O. The summed E-state index contributed by atoms with van der Waals surface area (Å²) in [5, 5.41) is 4.49. The zero-order valence-electron chi connectivity index (χ0n) is 31.4. The van der Waals surface area contributed by atoms with Crippen LogP contribution in [0.1, 0.15) is 54.0 Å². The zero-order chi connectivity index (χ0) is 40.4. The van der Waals surface area contributed by atoms with Crippen molar-refractivity contribution in [1.82, 2.24) is 5.32 Å². The van der Waals surface area contributed by atoms with Gasteiger partial charge in [0.1, 0.15) is 37.6 Å². The number of ether oxygens (including phenoxy) is 10. The first-order valence-electron chi connectivity index (χ1n) is 17.3. The highest BCUT2D eigenvalue weighted by Gasteiger charge is 2.57. The summed E-state index contributed by atoms with van der Waals surface area (Å²) in [7, 11) is 0. The normalized spacial score (nSPS) is 27.5. The molecular formula is C37H45NO17. The van der Waals surface area contributed by atoms with Gasteiger partial charge in [0.2, 0.25) is 5.91 Å². The van der Waals surface area contributed by atoms with Crippen LogP contribution in [0.4, 0.5) is 0 Å². The van der Waals surface area contributed by atoms with Gasteiger partial charge in [0, 0.05) is 48.5 Å². The fraction of sp³-hybridized carbons (Fsp3) is 0.541. The van der Waals surface area contributed by atoms with Crippen molar-refractivity contribution in [3.63, 3.8) is 0 Å². The summed E-state index contributed by atoms with van der Waals surface area (Å²) in [5.41, 5.74) is 0.704. The molecule has 0 unspecified atom stereocenters. The van der Waals surface area contributed by atoms with E-state index in [0.717, 1.165) is 59.2 Å². The summed E-state index contributed by atoms with van der Waals surface area (Å²) >= 11 is 0. The van der Waals surface area contributed by atoms with E-state index >= 15 is 0 Å². The number of amides is 1. The Morgan fingerprint density at radius 3 is 1.58 bits per heavy atom. The van der Waals surface area contributed by atoms with Gasteiger partial charge in [0.15, 0.2) is 37.0 Å². The highest BCUT2D eigenvalue weighted by Crippen LogP contribution is 2.35. The van der Waals surface area contributed by atoms with Crippen LogP contribution in [0.5, 0.6) is 0 Å². The Hall–Kier alpha value is -5.17. The molecule has 1 amide bonds. The highest BCUT2D eigenvalue weighted by atomic mass is 16.8. The quantitative estimate of drug-likeness (QED) is 0.212. The average molecular weight is 776 g/mol. The largest absolute Gasteiger partial charge is 0.463 e. The van der Waals surface area contributed by atoms with E-state index in [1.807, 2.05) is 42.5 Å². The lowest BCUT2D eigenvalue weighted by Gasteiger charge is -2.49. The van der Waals surface area contributed by atoms with Gasteiger partial charge >= 0.3 is 35.8 Å². The third kappa shape index (κ3) is 12.2. The number of benzene rings is 2. The number of hydrogen-bond acceptors (Lipinski definition) is 17. The Morgan fingerprint density at radius 1 is 0.564 bits per heavy atom. The molecule has 0 saturated carbocycles. The molecule has 18 nitrogen and oxygen atoms in total. The summed E-state index contributed by atoms with van der Waals surface area (Å²) in [4.78, 5) is 86.3. The Balaban J connectivity index is 1.81. The van der Waals surface area contributed by atoms with Crippen LogP contribution in [0, 0.1) is 0 Å². The lowest BCUT2D eigenvalue weighted by Crippen LogP contribution is -2.69. The maximum Gasteiger partial charge on any atom is 0.303 e. The molecule has 4 rings (SSSR count). The van der Waals surface area contributed by atoms with Gasteiger partial charge in [0.25, 0.3) is 0 Å². The van der Waals surface area contributed by atoms with Gasteiger partial charge in [-0.15, -0.1) is 0 Å². The van der Waals surface area contributed by atoms with Gasteiger partial charge in [-0.05, 0) is 22.4 Å². The van der Waals surface area contributed by atoms with E-state index in [1.54, 1.807) is 0 Å². The number of rotatable bonds is 14. The third-order valence-corrected chi connectivity index (χ3v) is 8.24. The topological polar surface area (TPSA) is 224 Å². The minimum atomic E-state index is -1.70. The number of carbonyl (C=O) groups excluding carboxylic acids is 7. The summed E-state index contributed by atoms with van der Waals surface area (Å²) in [6.45, 7) is 6.66. The molecule has 0 radical (unpaired) electrons. The highest BCUT2D eigenvalue weighted by molar-refractivity contribution is 5.83. The molecule has 10 atom stereocenters. The molecule has 0 spiro atoms. The number of fused-ring (bicyclic) bond motifs is 1. The maximum atomic E-state index is 12.7. The van der Waals surface area contributed by atoms with E-state index in [1.165, 1.54) is 0 Å². The minimum Gasteiger partial charge on any atom is -0.463 e. The third-order valence-electron chi connectivity index (χ3n) is 8.24. The van der Waals surface area contributed by atoms with Crippen LogP contribution < -0.4 is 5.32 Å². The van der Waals surface area contributed by atoms with E-state index < -0.39 is 116 Å². The molecule has 1 N–H and O–H groups in total. The minimum absolute atomic E-state index is 0.0873. The van der Waals surface area contributed by atoms with Crippen molar-refractivity contribution in [3.05, 3.63) is 48.0 Å². The molecule has 2 aliphatic rings. The van der Waals surface area contributed by atoms with Crippen molar-refractivity contribution in [3.8, 4) is 0 Å². The predicted molar refractivity (Wildman–Crippen MR) is 184 cm³/mol. The van der Waals surface area contributed by atoms with E-state index in [0.29, 0.717) is 5.56 Å². The molecule has 2 saturated heterocycles. The van der Waals surface area contributed by atoms with Crippen LogP contribution in [0.3, 0.4) is 0 Å².